The quantitative estimate of drug-likeness (QED) is 0.828. The summed E-state index contributed by atoms with van der Waals surface area (Å²) in [7, 11) is 0. The average Bonchev–Trinajstić information content (AvgIpc) is 2.68. The Hall–Kier alpha value is -0.750. The molecular weight excluding hydrogens is 345 g/mol. The van der Waals surface area contributed by atoms with Crippen LogP contribution in [0.3, 0.4) is 0 Å². The van der Waals surface area contributed by atoms with Crippen LogP contribution in [0.15, 0.2) is 22.7 Å². The molecule has 0 aromatic heterocycles. The molecule has 0 saturated carbocycles. The van der Waals surface area contributed by atoms with E-state index in [4.69, 9.17) is 0 Å². The molecule has 1 fully saturated rings. The maximum Gasteiger partial charge on any atom is 0.418 e. The van der Waals surface area contributed by atoms with Gasteiger partial charge in [0, 0.05) is 23.2 Å². The minimum absolute atomic E-state index is 0.153. The predicted molar refractivity (Wildman–Crippen MR) is 82.5 cm³/mol. The molecule has 6 heteroatoms. The first kappa shape index (κ1) is 16.6. The molecule has 21 heavy (non-hydrogen) atoms. The van der Waals surface area contributed by atoms with Crippen LogP contribution >= 0.6 is 15.9 Å². The number of halogens is 4. The fourth-order valence-corrected chi connectivity index (χ4v) is 2.97. The molecule has 0 spiro atoms. The SMILES string of the molecule is FC(F)(F)c1cc(Br)ccc1NCCN1CCCCCC1. The van der Waals surface area contributed by atoms with E-state index in [1.165, 1.54) is 31.7 Å². The fourth-order valence-electron chi connectivity index (χ4n) is 2.61. The average molecular weight is 365 g/mol. The van der Waals surface area contributed by atoms with Crippen LogP contribution in [0.4, 0.5) is 18.9 Å². The molecule has 1 aromatic carbocycles. The highest BCUT2D eigenvalue weighted by atomic mass is 79.9. The van der Waals surface area contributed by atoms with Crippen LogP contribution in [0.1, 0.15) is 31.2 Å². The molecule has 1 heterocycles. The summed E-state index contributed by atoms with van der Waals surface area (Å²) >= 11 is 3.09. The van der Waals surface area contributed by atoms with Gasteiger partial charge in [0.05, 0.1) is 5.56 Å². The molecule has 0 unspecified atom stereocenters. The lowest BCUT2D eigenvalue weighted by molar-refractivity contribution is -0.137. The van der Waals surface area contributed by atoms with Gasteiger partial charge in [-0.25, -0.2) is 0 Å². The standard InChI is InChI=1S/C15H20BrF3N2/c16-12-5-6-14(13(11-12)15(17,18)19)20-7-10-21-8-3-1-2-4-9-21/h5-6,11,20H,1-4,7-10H2. The zero-order chi connectivity index (χ0) is 15.3. The molecule has 0 atom stereocenters. The van der Waals surface area contributed by atoms with Gasteiger partial charge in [-0.1, -0.05) is 28.8 Å². The van der Waals surface area contributed by atoms with Gasteiger partial charge in [0.2, 0.25) is 0 Å². The topological polar surface area (TPSA) is 15.3 Å². The highest BCUT2D eigenvalue weighted by molar-refractivity contribution is 9.10. The number of nitrogens with zero attached hydrogens (tertiary/aromatic N) is 1. The molecule has 1 aromatic rings. The minimum atomic E-state index is -4.34. The van der Waals surface area contributed by atoms with Gasteiger partial charge in [-0.05, 0) is 44.1 Å². The van der Waals surface area contributed by atoms with Crippen LogP contribution in [0.25, 0.3) is 0 Å². The summed E-state index contributed by atoms with van der Waals surface area (Å²) in [4.78, 5) is 2.33. The molecule has 0 amide bonds. The normalized spacial score (nSPS) is 17.5. The third-order valence-electron chi connectivity index (χ3n) is 3.73. The number of nitrogens with one attached hydrogen (secondary N) is 1. The number of likely N-dealkylation sites (tertiary alicyclic amines) is 1. The Morgan fingerprint density at radius 1 is 1.10 bits per heavy atom. The number of hydrogen-bond donors (Lipinski definition) is 1. The van der Waals surface area contributed by atoms with E-state index in [1.54, 1.807) is 6.07 Å². The van der Waals surface area contributed by atoms with E-state index in [1.807, 2.05) is 0 Å². The molecule has 1 N–H and O–H groups in total. The molecule has 118 valence electrons. The van der Waals surface area contributed by atoms with Gasteiger partial charge >= 0.3 is 6.18 Å². The van der Waals surface area contributed by atoms with Crippen molar-refractivity contribution < 1.29 is 13.2 Å². The number of hydrogen-bond acceptors (Lipinski definition) is 2. The molecule has 0 aliphatic carbocycles. The molecule has 2 nitrogen and oxygen atoms in total. The predicted octanol–water partition coefficient (Wildman–Crippen LogP) is 4.76. The molecule has 1 saturated heterocycles. The molecule has 2 rings (SSSR count). The lowest BCUT2D eigenvalue weighted by Gasteiger charge is -2.21. The second-order valence-electron chi connectivity index (χ2n) is 5.37. The van der Waals surface area contributed by atoms with Crippen molar-refractivity contribution in [3.8, 4) is 0 Å². The zero-order valence-electron chi connectivity index (χ0n) is 11.8. The van der Waals surface area contributed by atoms with Crippen molar-refractivity contribution in [3.05, 3.63) is 28.2 Å². The Kier molecular flexibility index (Phi) is 5.93. The van der Waals surface area contributed by atoms with Crippen LogP contribution in [0.2, 0.25) is 0 Å². The summed E-state index contributed by atoms with van der Waals surface area (Å²) in [5.74, 6) is 0. The molecular formula is C15H20BrF3N2. The van der Waals surface area contributed by atoms with Crippen LogP contribution in [-0.2, 0) is 6.18 Å². The number of anilines is 1. The highest BCUT2D eigenvalue weighted by Gasteiger charge is 2.33. The first-order valence-electron chi connectivity index (χ1n) is 7.30. The largest absolute Gasteiger partial charge is 0.418 e. The first-order chi connectivity index (χ1) is 9.97. The first-order valence-corrected chi connectivity index (χ1v) is 8.09. The summed E-state index contributed by atoms with van der Waals surface area (Å²) in [5, 5.41) is 2.93. The maximum absolute atomic E-state index is 13.0. The summed E-state index contributed by atoms with van der Waals surface area (Å²) in [6.07, 6.45) is 0.552. The van der Waals surface area contributed by atoms with Crippen molar-refractivity contribution >= 4 is 21.6 Å². The lowest BCUT2D eigenvalue weighted by Crippen LogP contribution is -2.30. The highest BCUT2D eigenvalue weighted by Crippen LogP contribution is 2.36. The van der Waals surface area contributed by atoms with E-state index in [2.05, 4.69) is 26.1 Å². The summed E-state index contributed by atoms with van der Waals surface area (Å²) in [6.45, 7) is 3.42. The number of rotatable bonds is 4. The van der Waals surface area contributed by atoms with Gasteiger partial charge in [-0.2, -0.15) is 13.2 Å². The van der Waals surface area contributed by atoms with Gasteiger partial charge in [-0.3, -0.25) is 0 Å². The van der Waals surface area contributed by atoms with E-state index >= 15 is 0 Å². The van der Waals surface area contributed by atoms with E-state index in [-0.39, 0.29) is 5.69 Å². The van der Waals surface area contributed by atoms with Crippen LogP contribution < -0.4 is 5.32 Å². The summed E-state index contributed by atoms with van der Waals surface area (Å²) in [6, 6.07) is 4.23. The third-order valence-corrected chi connectivity index (χ3v) is 4.22. The second kappa shape index (κ2) is 7.49. The van der Waals surface area contributed by atoms with Gasteiger partial charge in [0.15, 0.2) is 0 Å². The Morgan fingerprint density at radius 2 is 1.76 bits per heavy atom. The van der Waals surface area contributed by atoms with Crippen LogP contribution in [-0.4, -0.2) is 31.1 Å². The smallest absolute Gasteiger partial charge is 0.383 e. The molecule has 0 bridgehead atoms. The van der Waals surface area contributed by atoms with Crippen molar-refractivity contribution in [2.45, 2.75) is 31.9 Å². The van der Waals surface area contributed by atoms with Crippen molar-refractivity contribution in [2.75, 3.05) is 31.5 Å². The van der Waals surface area contributed by atoms with Crippen molar-refractivity contribution in [1.82, 2.24) is 4.90 Å². The number of benzene rings is 1. The van der Waals surface area contributed by atoms with Crippen molar-refractivity contribution in [3.63, 3.8) is 0 Å². The van der Waals surface area contributed by atoms with E-state index in [0.717, 1.165) is 25.7 Å². The Bertz CT molecular complexity index is 455. The van der Waals surface area contributed by atoms with Crippen LogP contribution in [0.5, 0.6) is 0 Å². The Balaban J connectivity index is 1.93. The van der Waals surface area contributed by atoms with Gasteiger partial charge < -0.3 is 10.2 Å². The minimum Gasteiger partial charge on any atom is -0.383 e. The van der Waals surface area contributed by atoms with Gasteiger partial charge in [0.25, 0.3) is 0 Å². The number of alkyl halides is 3. The zero-order valence-corrected chi connectivity index (χ0v) is 13.4. The Morgan fingerprint density at radius 3 is 2.38 bits per heavy atom. The Labute approximate surface area is 131 Å². The van der Waals surface area contributed by atoms with Crippen molar-refractivity contribution in [1.29, 1.82) is 0 Å². The van der Waals surface area contributed by atoms with E-state index in [9.17, 15) is 13.2 Å². The van der Waals surface area contributed by atoms with Gasteiger partial charge in [0.1, 0.15) is 0 Å². The molecule has 1 aliphatic rings. The monoisotopic (exact) mass is 364 g/mol. The van der Waals surface area contributed by atoms with Crippen molar-refractivity contribution in [2.24, 2.45) is 0 Å². The van der Waals surface area contributed by atoms with E-state index < -0.39 is 11.7 Å². The third kappa shape index (κ3) is 5.18. The van der Waals surface area contributed by atoms with Gasteiger partial charge in [-0.15, -0.1) is 0 Å². The van der Waals surface area contributed by atoms with E-state index in [0.29, 0.717) is 11.0 Å². The summed E-state index contributed by atoms with van der Waals surface area (Å²) in [5.41, 5.74) is -0.465. The van der Waals surface area contributed by atoms with Crippen LogP contribution in [0, 0.1) is 0 Å². The second-order valence-corrected chi connectivity index (χ2v) is 6.29. The molecule has 1 aliphatic heterocycles. The fraction of sp³-hybridized carbons (Fsp3) is 0.600. The maximum atomic E-state index is 13.0. The summed E-state index contributed by atoms with van der Waals surface area (Å²) < 4.78 is 39.4. The lowest BCUT2D eigenvalue weighted by atomic mass is 10.1. The molecule has 0 radical (unpaired) electrons.